The number of nitrogens with one attached hydrogen (secondary N) is 2. The van der Waals surface area contributed by atoms with Gasteiger partial charge in [0.05, 0.1) is 26.3 Å². The third-order valence-corrected chi connectivity index (χ3v) is 5.41. The van der Waals surface area contributed by atoms with Crippen molar-refractivity contribution in [3.05, 3.63) is 29.3 Å². The van der Waals surface area contributed by atoms with E-state index in [1.165, 1.54) is 12.8 Å². The first-order valence-corrected chi connectivity index (χ1v) is 10.6. The molecule has 0 radical (unpaired) electrons. The third-order valence-electron chi connectivity index (χ3n) is 5.41. The normalized spacial score (nSPS) is 19.3. The average molecular weight is 530 g/mol. The number of halogens is 1. The van der Waals surface area contributed by atoms with Crippen LogP contribution in [0.1, 0.15) is 43.2 Å². The van der Waals surface area contributed by atoms with E-state index in [4.69, 9.17) is 14.5 Å². The fourth-order valence-corrected chi connectivity index (χ4v) is 3.59. The largest absolute Gasteiger partial charge is 0.488 e. The van der Waals surface area contributed by atoms with Gasteiger partial charge in [0.25, 0.3) is 0 Å². The Morgan fingerprint density at radius 2 is 2.03 bits per heavy atom. The van der Waals surface area contributed by atoms with Gasteiger partial charge < -0.3 is 25.0 Å². The van der Waals surface area contributed by atoms with E-state index >= 15 is 0 Å². The van der Waals surface area contributed by atoms with Crippen LogP contribution in [0.4, 0.5) is 0 Å². The number of hydrogen-bond acceptors (Lipinski definition) is 4. The van der Waals surface area contributed by atoms with Crippen molar-refractivity contribution in [2.45, 2.75) is 57.7 Å². The van der Waals surface area contributed by atoms with Crippen LogP contribution in [-0.2, 0) is 16.1 Å². The summed E-state index contributed by atoms with van der Waals surface area (Å²) in [5.41, 5.74) is 2.19. The predicted molar refractivity (Wildman–Crippen MR) is 130 cm³/mol. The average Bonchev–Trinajstić information content (AvgIpc) is 3.39. The molecule has 2 N–H and O–H groups in total. The van der Waals surface area contributed by atoms with Crippen LogP contribution in [0.3, 0.4) is 0 Å². The lowest BCUT2D eigenvalue weighted by molar-refractivity contribution is -0.127. The Kier molecular flexibility index (Phi) is 10.2. The minimum absolute atomic E-state index is 0. The summed E-state index contributed by atoms with van der Waals surface area (Å²) in [4.78, 5) is 18.3. The zero-order chi connectivity index (χ0) is 20.6. The maximum absolute atomic E-state index is 12.0. The lowest BCUT2D eigenvalue weighted by atomic mass is 10.1. The molecule has 1 aliphatic carbocycles. The van der Waals surface area contributed by atoms with Gasteiger partial charge >= 0.3 is 0 Å². The molecule has 2 aliphatic rings. The number of carbonyl (C=O) groups excluding carboxylic acids is 1. The first-order valence-electron chi connectivity index (χ1n) is 10.6. The van der Waals surface area contributed by atoms with Crippen molar-refractivity contribution in [2.24, 2.45) is 4.99 Å². The van der Waals surface area contributed by atoms with E-state index in [1.54, 1.807) is 19.0 Å². The second-order valence-electron chi connectivity index (χ2n) is 8.15. The molecule has 1 aliphatic heterocycles. The third kappa shape index (κ3) is 7.61. The molecule has 1 heterocycles. The summed E-state index contributed by atoms with van der Waals surface area (Å²) in [6.07, 6.45) is 5.78. The van der Waals surface area contributed by atoms with Crippen LogP contribution in [0, 0.1) is 6.92 Å². The highest BCUT2D eigenvalue weighted by molar-refractivity contribution is 14.0. The fraction of sp³-hybridized carbons (Fsp3) is 0.636. The van der Waals surface area contributed by atoms with Crippen LogP contribution < -0.4 is 15.4 Å². The number of rotatable bonds is 7. The minimum atomic E-state index is 0. The van der Waals surface area contributed by atoms with Crippen molar-refractivity contribution >= 4 is 35.8 Å². The lowest BCUT2D eigenvalue weighted by Gasteiger charge is -2.19. The van der Waals surface area contributed by atoms with Crippen molar-refractivity contribution in [1.82, 2.24) is 15.5 Å². The molecule has 168 valence electrons. The zero-order valence-corrected chi connectivity index (χ0v) is 20.6. The number of amides is 1. The van der Waals surface area contributed by atoms with E-state index in [0.29, 0.717) is 25.2 Å². The number of aryl methyl sites for hydroxylation is 1. The van der Waals surface area contributed by atoms with Crippen LogP contribution >= 0.6 is 24.0 Å². The molecule has 0 aromatic heterocycles. The SMILES string of the molecule is Cc1ccc(CN=C(NCC(=O)N(C)C)NC2CCCC2)c(OC2CCOC2)c1.I. The summed E-state index contributed by atoms with van der Waals surface area (Å²) in [6, 6.07) is 6.63. The number of guanidine groups is 1. The van der Waals surface area contributed by atoms with Crippen molar-refractivity contribution in [1.29, 1.82) is 0 Å². The molecule has 2 fully saturated rings. The Hall–Kier alpha value is -1.55. The molecular weight excluding hydrogens is 495 g/mol. The lowest BCUT2D eigenvalue weighted by Crippen LogP contribution is -2.46. The molecule has 1 unspecified atom stereocenters. The summed E-state index contributed by atoms with van der Waals surface area (Å²) in [6.45, 7) is 4.17. The molecule has 1 saturated carbocycles. The van der Waals surface area contributed by atoms with Gasteiger partial charge in [-0.2, -0.15) is 0 Å². The van der Waals surface area contributed by atoms with E-state index in [2.05, 4.69) is 35.8 Å². The Morgan fingerprint density at radius 1 is 1.27 bits per heavy atom. The monoisotopic (exact) mass is 530 g/mol. The highest BCUT2D eigenvalue weighted by atomic mass is 127. The maximum atomic E-state index is 12.0. The smallest absolute Gasteiger partial charge is 0.241 e. The number of likely N-dealkylation sites (N-methyl/N-ethyl adjacent to an activating group) is 1. The van der Waals surface area contributed by atoms with Gasteiger partial charge in [0.15, 0.2) is 5.96 Å². The highest BCUT2D eigenvalue weighted by Gasteiger charge is 2.19. The standard InChI is InChI=1S/C22H34N4O3.HI/c1-16-8-9-17(20(12-16)29-19-10-11-28-15-19)13-23-22(24-14-21(27)26(2)3)25-18-6-4-5-7-18;/h8-9,12,18-19H,4-7,10-11,13-15H2,1-3H3,(H2,23,24,25);1H. The number of ether oxygens (including phenoxy) is 2. The van der Waals surface area contributed by atoms with Crippen molar-refractivity contribution in [2.75, 3.05) is 33.9 Å². The molecule has 1 aromatic rings. The van der Waals surface area contributed by atoms with Gasteiger partial charge in [-0.05, 0) is 31.4 Å². The summed E-state index contributed by atoms with van der Waals surface area (Å²) < 4.78 is 11.6. The van der Waals surface area contributed by atoms with Gasteiger partial charge in [0, 0.05) is 32.1 Å². The Bertz CT molecular complexity index is 714. The van der Waals surface area contributed by atoms with Gasteiger partial charge in [-0.25, -0.2) is 4.99 Å². The number of aliphatic imine (C=N–C) groups is 1. The Labute approximate surface area is 197 Å². The van der Waals surface area contributed by atoms with E-state index in [1.807, 2.05) is 0 Å². The van der Waals surface area contributed by atoms with Crippen molar-refractivity contribution in [3.63, 3.8) is 0 Å². The molecule has 0 spiro atoms. The Balaban J connectivity index is 0.00000320. The molecular formula is C22H35IN4O3. The van der Waals surface area contributed by atoms with E-state index < -0.39 is 0 Å². The fourth-order valence-electron chi connectivity index (χ4n) is 3.59. The maximum Gasteiger partial charge on any atom is 0.241 e. The van der Waals surface area contributed by atoms with Crippen LogP contribution in [0.2, 0.25) is 0 Å². The van der Waals surface area contributed by atoms with Gasteiger partial charge in [-0.3, -0.25) is 4.79 Å². The predicted octanol–water partition coefficient (Wildman–Crippen LogP) is 2.85. The van der Waals surface area contributed by atoms with Gasteiger partial charge in [-0.15, -0.1) is 24.0 Å². The topological polar surface area (TPSA) is 75.2 Å². The van der Waals surface area contributed by atoms with Crippen LogP contribution in [0.5, 0.6) is 5.75 Å². The molecule has 30 heavy (non-hydrogen) atoms. The van der Waals surface area contributed by atoms with Gasteiger partial charge in [-0.1, -0.05) is 25.0 Å². The van der Waals surface area contributed by atoms with Crippen LogP contribution in [-0.4, -0.2) is 62.8 Å². The quantitative estimate of drug-likeness (QED) is 0.322. The molecule has 1 amide bonds. The molecule has 0 bridgehead atoms. The van der Waals surface area contributed by atoms with Crippen molar-refractivity contribution in [3.8, 4) is 5.75 Å². The zero-order valence-electron chi connectivity index (χ0n) is 18.3. The summed E-state index contributed by atoms with van der Waals surface area (Å²) >= 11 is 0. The molecule has 1 saturated heterocycles. The highest BCUT2D eigenvalue weighted by Crippen LogP contribution is 2.24. The van der Waals surface area contributed by atoms with Crippen molar-refractivity contribution < 1.29 is 14.3 Å². The van der Waals surface area contributed by atoms with E-state index in [9.17, 15) is 4.79 Å². The number of benzene rings is 1. The first-order chi connectivity index (χ1) is 14.0. The summed E-state index contributed by atoms with van der Waals surface area (Å²) in [7, 11) is 3.52. The second-order valence-corrected chi connectivity index (χ2v) is 8.15. The first kappa shape index (κ1) is 24.7. The summed E-state index contributed by atoms with van der Waals surface area (Å²) in [5, 5.41) is 6.68. The molecule has 8 heteroatoms. The summed E-state index contributed by atoms with van der Waals surface area (Å²) in [5.74, 6) is 1.57. The number of hydrogen-bond donors (Lipinski definition) is 2. The molecule has 7 nitrogen and oxygen atoms in total. The van der Waals surface area contributed by atoms with Crippen LogP contribution in [0.25, 0.3) is 0 Å². The number of carbonyl (C=O) groups is 1. The number of nitrogens with zero attached hydrogens (tertiary/aromatic N) is 2. The molecule has 1 aromatic carbocycles. The van der Waals surface area contributed by atoms with E-state index in [-0.39, 0.29) is 42.5 Å². The Morgan fingerprint density at radius 3 is 2.70 bits per heavy atom. The second kappa shape index (κ2) is 12.3. The van der Waals surface area contributed by atoms with Gasteiger partial charge in [0.1, 0.15) is 11.9 Å². The van der Waals surface area contributed by atoms with E-state index in [0.717, 1.165) is 42.7 Å². The molecule has 3 rings (SSSR count). The molecule has 1 atom stereocenters. The van der Waals surface area contributed by atoms with Gasteiger partial charge in [0.2, 0.25) is 5.91 Å². The van der Waals surface area contributed by atoms with Crippen LogP contribution in [0.15, 0.2) is 23.2 Å². The minimum Gasteiger partial charge on any atom is -0.488 e.